The van der Waals surface area contributed by atoms with Crippen molar-refractivity contribution in [3.63, 3.8) is 0 Å². The van der Waals surface area contributed by atoms with Crippen molar-refractivity contribution in [3.05, 3.63) is 35.9 Å². The Kier molecular flexibility index (Phi) is 7.47. The Morgan fingerprint density at radius 1 is 1.11 bits per heavy atom. The highest BCUT2D eigenvalue weighted by molar-refractivity contribution is 8.22. The van der Waals surface area contributed by atoms with Gasteiger partial charge in [0.25, 0.3) is 0 Å². The summed E-state index contributed by atoms with van der Waals surface area (Å²) in [4.78, 5) is 2.41. The van der Waals surface area contributed by atoms with Crippen LogP contribution in [-0.2, 0) is 5.75 Å². The molecule has 0 N–H and O–H groups in total. The summed E-state index contributed by atoms with van der Waals surface area (Å²) >= 11 is 7.43. The van der Waals surface area contributed by atoms with Crippen LogP contribution in [0.5, 0.6) is 0 Å². The van der Waals surface area contributed by atoms with E-state index in [0.29, 0.717) is 12.1 Å². The molecule has 0 aromatic heterocycles. The predicted molar refractivity (Wildman–Crippen MR) is 91.7 cm³/mol. The molecule has 0 aliphatic heterocycles. The van der Waals surface area contributed by atoms with E-state index in [9.17, 15) is 0 Å². The first-order valence-electron chi connectivity index (χ1n) is 7.09. The van der Waals surface area contributed by atoms with Crippen molar-refractivity contribution in [2.75, 3.05) is 0 Å². The zero-order valence-electron chi connectivity index (χ0n) is 12.4. The van der Waals surface area contributed by atoms with Gasteiger partial charge in [-0.3, -0.25) is 0 Å². The Morgan fingerprint density at radius 3 is 2.11 bits per heavy atom. The molecule has 1 nitrogen and oxygen atoms in total. The molecular formula is C16H25NS2. The largest absolute Gasteiger partial charge is 0.352 e. The fourth-order valence-electron chi connectivity index (χ4n) is 1.98. The molecular weight excluding hydrogens is 270 g/mol. The van der Waals surface area contributed by atoms with Crippen LogP contribution in [0, 0.1) is 0 Å². The molecule has 1 aromatic carbocycles. The van der Waals surface area contributed by atoms with Crippen LogP contribution < -0.4 is 0 Å². The first-order chi connectivity index (χ1) is 9.10. The van der Waals surface area contributed by atoms with Crippen LogP contribution in [0.2, 0.25) is 0 Å². The fraction of sp³-hybridized carbons (Fsp3) is 0.562. The summed E-state index contributed by atoms with van der Waals surface area (Å²) in [6, 6.07) is 11.6. The van der Waals surface area contributed by atoms with E-state index in [1.807, 2.05) is 0 Å². The van der Waals surface area contributed by atoms with Gasteiger partial charge in [-0.25, -0.2) is 0 Å². The highest BCUT2D eigenvalue weighted by atomic mass is 32.2. The molecule has 1 rings (SSSR count). The molecule has 3 heteroatoms. The van der Waals surface area contributed by atoms with Crippen molar-refractivity contribution in [1.29, 1.82) is 0 Å². The molecule has 0 amide bonds. The number of nitrogens with zero attached hydrogens (tertiary/aromatic N) is 1. The molecule has 0 aliphatic carbocycles. The van der Waals surface area contributed by atoms with Crippen LogP contribution in [0.3, 0.4) is 0 Å². The van der Waals surface area contributed by atoms with Gasteiger partial charge in [-0.15, -0.1) is 0 Å². The van der Waals surface area contributed by atoms with Crippen molar-refractivity contribution < 1.29 is 0 Å². The van der Waals surface area contributed by atoms with E-state index in [1.54, 1.807) is 11.8 Å². The van der Waals surface area contributed by atoms with Gasteiger partial charge in [0.15, 0.2) is 0 Å². The monoisotopic (exact) mass is 295 g/mol. The van der Waals surface area contributed by atoms with E-state index in [0.717, 1.165) is 22.9 Å². The third kappa shape index (κ3) is 5.15. The lowest BCUT2D eigenvalue weighted by molar-refractivity contribution is 0.260. The van der Waals surface area contributed by atoms with Crippen molar-refractivity contribution in [2.45, 2.75) is 58.4 Å². The Balaban J connectivity index is 2.62. The summed E-state index contributed by atoms with van der Waals surface area (Å²) in [6.45, 7) is 8.98. The zero-order chi connectivity index (χ0) is 14.3. The van der Waals surface area contributed by atoms with Gasteiger partial charge in [0.2, 0.25) is 0 Å². The van der Waals surface area contributed by atoms with Gasteiger partial charge in [0.1, 0.15) is 4.32 Å². The number of thiocarbonyl (C=S) groups is 1. The maximum absolute atomic E-state index is 5.65. The maximum atomic E-state index is 5.65. The van der Waals surface area contributed by atoms with E-state index in [-0.39, 0.29) is 0 Å². The normalized spacial score (nSPS) is 13.9. The second-order valence-electron chi connectivity index (χ2n) is 4.96. The van der Waals surface area contributed by atoms with Gasteiger partial charge >= 0.3 is 0 Å². The standard InChI is InChI=1S/C16H25NS2/c1-5-13(3)17(14(4)6-2)16(18)19-12-15-10-8-7-9-11-15/h7-11,13-14H,5-6,12H2,1-4H3. The smallest absolute Gasteiger partial charge is 0.137 e. The lowest BCUT2D eigenvalue weighted by Gasteiger charge is -2.35. The van der Waals surface area contributed by atoms with E-state index >= 15 is 0 Å². The predicted octanol–water partition coefficient (Wildman–Crippen LogP) is 5.10. The molecule has 0 saturated carbocycles. The van der Waals surface area contributed by atoms with Gasteiger partial charge < -0.3 is 4.90 Å². The summed E-state index contributed by atoms with van der Waals surface area (Å²) in [6.07, 6.45) is 2.27. The maximum Gasteiger partial charge on any atom is 0.137 e. The molecule has 1 aromatic rings. The minimum Gasteiger partial charge on any atom is -0.352 e. The summed E-state index contributed by atoms with van der Waals surface area (Å²) in [5, 5.41) is 0. The number of thioether (sulfide) groups is 1. The van der Waals surface area contributed by atoms with Crippen LogP contribution in [0.15, 0.2) is 30.3 Å². The van der Waals surface area contributed by atoms with Crippen LogP contribution in [0.4, 0.5) is 0 Å². The molecule has 0 bridgehead atoms. The second-order valence-corrected chi connectivity index (χ2v) is 6.57. The van der Waals surface area contributed by atoms with Crippen molar-refractivity contribution >= 4 is 28.3 Å². The number of hydrogen-bond acceptors (Lipinski definition) is 2. The van der Waals surface area contributed by atoms with E-state index in [4.69, 9.17) is 12.2 Å². The number of hydrogen-bond donors (Lipinski definition) is 0. The number of benzene rings is 1. The Hall–Kier alpha value is -0.540. The Labute approximate surface area is 127 Å². The fourth-order valence-corrected chi connectivity index (χ4v) is 3.51. The van der Waals surface area contributed by atoms with Gasteiger partial charge in [0, 0.05) is 17.8 Å². The highest BCUT2D eigenvalue weighted by Crippen LogP contribution is 2.22. The molecule has 0 spiro atoms. The third-order valence-corrected chi connectivity index (χ3v) is 5.05. The summed E-state index contributed by atoms with van der Waals surface area (Å²) in [5.74, 6) is 0.961. The molecule has 106 valence electrons. The Bertz CT molecular complexity index is 368. The van der Waals surface area contributed by atoms with Crippen LogP contribution in [0.25, 0.3) is 0 Å². The molecule has 0 aliphatic rings. The van der Waals surface area contributed by atoms with Crippen molar-refractivity contribution in [2.24, 2.45) is 0 Å². The zero-order valence-corrected chi connectivity index (χ0v) is 14.1. The first kappa shape index (κ1) is 16.5. The number of rotatable bonds is 6. The van der Waals surface area contributed by atoms with Crippen LogP contribution >= 0.6 is 24.0 Å². The minimum absolute atomic E-state index is 0.519. The second kappa shape index (κ2) is 8.60. The first-order valence-corrected chi connectivity index (χ1v) is 8.48. The summed E-state index contributed by atoms with van der Waals surface area (Å²) < 4.78 is 1.03. The molecule has 2 atom stereocenters. The highest BCUT2D eigenvalue weighted by Gasteiger charge is 2.20. The molecule has 0 saturated heterocycles. The van der Waals surface area contributed by atoms with E-state index in [1.165, 1.54) is 5.56 Å². The topological polar surface area (TPSA) is 3.24 Å². The average Bonchev–Trinajstić information content (AvgIpc) is 2.45. The van der Waals surface area contributed by atoms with E-state index < -0.39 is 0 Å². The Morgan fingerprint density at radius 2 is 1.63 bits per heavy atom. The molecule has 0 heterocycles. The quantitative estimate of drug-likeness (QED) is 0.672. The van der Waals surface area contributed by atoms with E-state index in [2.05, 4.69) is 62.9 Å². The van der Waals surface area contributed by atoms with Crippen molar-refractivity contribution in [3.8, 4) is 0 Å². The average molecular weight is 296 g/mol. The summed E-state index contributed by atoms with van der Waals surface area (Å²) in [5.41, 5.74) is 1.34. The molecule has 0 radical (unpaired) electrons. The van der Waals surface area contributed by atoms with Crippen LogP contribution in [0.1, 0.15) is 46.1 Å². The minimum atomic E-state index is 0.519. The van der Waals surface area contributed by atoms with Gasteiger partial charge in [-0.2, -0.15) is 0 Å². The lowest BCUT2D eigenvalue weighted by Crippen LogP contribution is -2.42. The SMILES string of the molecule is CCC(C)N(C(=S)SCc1ccccc1)C(C)CC. The molecule has 2 unspecified atom stereocenters. The lowest BCUT2D eigenvalue weighted by atomic mass is 10.1. The summed E-state index contributed by atoms with van der Waals surface area (Å²) in [7, 11) is 0. The molecule has 19 heavy (non-hydrogen) atoms. The van der Waals surface area contributed by atoms with Crippen molar-refractivity contribution in [1.82, 2.24) is 4.90 Å². The third-order valence-electron chi connectivity index (χ3n) is 3.55. The van der Waals surface area contributed by atoms with Gasteiger partial charge in [-0.05, 0) is 32.3 Å². The molecule has 0 fully saturated rings. The van der Waals surface area contributed by atoms with Gasteiger partial charge in [-0.1, -0.05) is 68.2 Å². The van der Waals surface area contributed by atoms with Crippen LogP contribution in [-0.4, -0.2) is 21.3 Å². The van der Waals surface area contributed by atoms with Gasteiger partial charge in [0.05, 0.1) is 0 Å².